The number of aryl methyl sites for hydroxylation is 2. The molecular formula is C11H9BFNS. The van der Waals surface area contributed by atoms with E-state index in [0.29, 0.717) is 0 Å². The van der Waals surface area contributed by atoms with Crippen LogP contribution in [0, 0.1) is 19.7 Å². The number of thiazole rings is 1. The van der Waals surface area contributed by atoms with Crippen molar-refractivity contribution in [1.29, 1.82) is 0 Å². The average Bonchev–Trinajstić information content (AvgIpc) is 2.50. The number of benzene rings is 1. The summed E-state index contributed by atoms with van der Waals surface area (Å²) in [5.41, 5.74) is 2.07. The van der Waals surface area contributed by atoms with Crippen LogP contribution < -0.4 is 5.46 Å². The second kappa shape index (κ2) is 3.78. The predicted molar refractivity (Wildman–Crippen MR) is 62.4 cm³/mol. The van der Waals surface area contributed by atoms with Crippen molar-refractivity contribution < 1.29 is 4.39 Å². The molecule has 1 aromatic heterocycles. The fourth-order valence-corrected chi connectivity index (χ4v) is 2.40. The Kier molecular flexibility index (Phi) is 2.61. The van der Waals surface area contributed by atoms with Crippen molar-refractivity contribution in [1.82, 2.24) is 4.98 Å². The van der Waals surface area contributed by atoms with E-state index in [1.54, 1.807) is 23.5 Å². The van der Waals surface area contributed by atoms with Crippen LogP contribution in [0.2, 0.25) is 0 Å². The van der Waals surface area contributed by atoms with Gasteiger partial charge in [0.15, 0.2) is 0 Å². The summed E-state index contributed by atoms with van der Waals surface area (Å²) in [5.74, 6) is -0.377. The van der Waals surface area contributed by atoms with Gasteiger partial charge in [-0.1, -0.05) is 17.6 Å². The Bertz CT molecular complexity index is 507. The summed E-state index contributed by atoms with van der Waals surface area (Å²) in [6.07, 6.45) is 0. The summed E-state index contributed by atoms with van der Waals surface area (Å²) in [7, 11) is 5.52. The molecule has 0 saturated carbocycles. The molecule has 0 aliphatic carbocycles. The van der Waals surface area contributed by atoms with Gasteiger partial charge in [0.25, 0.3) is 0 Å². The van der Waals surface area contributed by atoms with Crippen molar-refractivity contribution in [2.24, 2.45) is 0 Å². The van der Waals surface area contributed by atoms with Gasteiger partial charge in [0.1, 0.15) is 13.7 Å². The van der Waals surface area contributed by atoms with Crippen LogP contribution in [0.4, 0.5) is 4.39 Å². The summed E-state index contributed by atoms with van der Waals surface area (Å²) in [6, 6.07) is 4.76. The minimum atomic E-state index is -0.377. The van der Waals surface area contributed by atoms with Gasteiger partial charge in [-0.2, -0.15) is 0 Å². The molecule has 0 amide bonds. The van der Waals surface area contributed by atoms with Gasteiger partial charge in [0, 0.05) is 0 Å². The molecule has 0 aliphatic rings. The molecule has 15 heavy (non-hydrogen) atoms. The fraction of sp³-hybridized carbons (Fsp3) is 0.182. The van der Waals surface area contributed by atoms with Gasteiger partial charge in [0.05, 0.1) is 15.6 Å². The molecule has 1 heterocycles. The average molecular weight is 217 g/mol. The topological polar surface area (TPSA) is 12.9 Å². The van der Waals surface area contributed by atoms with Crippen molar-refractivity contribution in [3.05, 3.63) is 34.7 Å². The second-order valence-corrected chi connectivity index (χ2v) is 4.59. The van der Waals surface area contributed by atoms with E-state index in [1.807, 2.05) is 13.8 Å². The highest BCUT2D eigenvalue weighted by molar-refractivity contribution is 7.15. The normalized spacial score (nSPS) is 10.6. The van der Waals surface area contributed by atoms with Crippen LogP contribution in [0.3, 0.4) is 0 Å². The Morgan fingerprint density at radius 2 is 2.07 bits per heavy atom. The van der Waals surface area contributed by atoms with E-state index in [-0.39, 0.29) is 11.3 Å². The Morgan fingerprint density at radius 3 is 2.60 bits per heavy atom. The third-order valence-corrected chi connectivity index (χ3v) is 3.28. The zero-order valence-corrected chi connectivity index (χ0v) is 9.36. The van der Waals surface area contributed by atoms with Crippen LogP contribution in [-0.2, 0) is 0 Å². The van der Waals surface area contributed by atoms with E-state index in [1.165, 1.54) is 6.07 Å². The lowest BCUT2D eigenvalue weighted by Gasteiger charge is -2.01. The quantitative estimate of drug-likeness (QED) is 0.668. The van der Waals surface area contributed by atoms with Gasteiger partial charge < -0.3 is 0 Å². The number of rotatable bonds is 1. The predicted octanol–water partition coefficient (Wildman–Crippen LogP) is 2.36. The minimum Gasteiger partial charge on any atom is -0.246 e. The zero-order chi connectivity index (χ0) is 11.0. The highest BCUT2D eigenvalue weighted by atomic mass is 32.1. The second-order valence-electron chi connectivity index (χ2n) is 3.38. The van der Waals surface area contributed by atoms with Crippen molar-refractivity contribution in [2.75, 3.05) is 0 Å². The van der Waals surface area contributed by atoms with Gasteiger partial charge in [-0.25, -0.2) is 9.37 Å². The molecule has 0 spiro atoms. The molecule has 1 aromatic carbocycles. The van der Waals surface area contributed by atoms with E-state index in [0.717, 1.165) is 21.1 Å². The van der Waals surface area contributed by atoms with Gasteiger partial charge >= 0.3 is 0 Å². The van der Waals surface area contributed by atoms with Crippen LogP contribution in [0.1, 0.15) is 10.7 Å². The van der Waals surface area contributed by atoms with Gasteiger partial charge in [-0.3, -0.25) is 0 Å². The smallest absolute Gasteiger partial charge is 0.117 e. The summed E-state index contributed by atoms with van der Waals surface area (Å²) in [4.78, 5) is 5.38. The van der Waals surface area contributed by atoms with Crippen molar-refractivity contribution in [3.8, 4) is 10.4 Å². The largest absolute Gasteiger partial charge is 0.246 e. The molecular weight excluding hydrogens is 208 g/mol. The van der Waals surface area contributed by atoms with Gasteiger partial charge in [0.2, 0.25) is 0 Å². The maximum absolute atomic E-state index is 13.0. The zero-order valence-electron chi connectivity index (χ0n) is 8.54. The van der Waals surface area contributed by atoms with Gasteiger partial charge in [-0.05, 0) is 25.5 Å². The Balaban J connectivity index is 2.54. The van der Waals surface area contributed by atoms with Crippen molar-refractivity contribution >= 4 is 24.6 Å². The number of halogens is 1. The summed E-state index contributed by atoms with van der Waals surface area (Å²) >= 11 is 1.59. The van der Waals surface area contributed by atoms with Crippen LogP contribution >= 0.6 is 11.3 Å². The van der Waals surface area contributed by atoms with E-state index in [4.69, 9.17) is 7.85 Å². The first-order chi connectivity index (χ1) is 7.08. The highest BCUT2D eigenvalue weighted by Crippen LogP contribution is 2.28. The van der Waals surface area contributed by atoms with E-state index < -0.39 is 0 Å². The number of hydrogen-bond donors (Lipinski definition) is 0. The standard InChI is InChI=1S/C11H9BFNS/c1-6-11(15-7(2)14-6)8-3-4-10(13)9(12)5-8/h3-5H,1-2H3. The molecule has 2 radical (unpaired) electrons. The molecule has 74 valence electrons. The Morgan fingerprint density at radius 1 is 1.33 bits per heavy atom. The first-order valence-electron chi connectivity index (χ1n) is 4.57. The lowest BCUT2D eigenvalue weighted by atomic mass is 9.93. The number of aromatic nitrogens is 1. The molecule has 0 N–H and O–H groups in total. The van der Waals surface area contributed by atoms with Crippen LogP contribution in [0.15, 0.2) is 18.2 Å². The van der Waals surface area contributed by atoms with Crippen LogP contribution in [-0.4, -0.2) is 12.8 Å². The van der Waals surface area contributed by atoms with Crippen LogP contribution in [0.25, 0.3) is 10.4 Å². The molecule has 1 nitrogen and oxygen atoms in total. The first-order valence-corrected chi connectivity index (χ1v) is 5.39. The third kappa shape index (κ3) is 1.95. The summed E-state index contributed by atoms with van der Waals surface area (Å²) in [5, 5.41) is 1.00. The van der Waals surface area contributed by atoms with E-state index >= 15 is 0 Å². The van der Waals surface area contributed by atoms with Crippen LogP contribution in [0.5, 0.6) is 0 Å². The monoisotopic (exact) mass is 217 g/mol. The van der Waals surface area contributed by atoms with Crippen molar-refractivity contribution in [2.45, 2.75) is 13.8 Å². The molecule has 4 heteroatoms. The minimum absolute atomic E-state index is 0.179. The first kappa shape index (κ1) is 10.4. The number of nitrogens with zero attached hydrogens (tertiary/aromatic N) is 1. The maximum atomic E-state index is 13.0. The molecule has 2 aromatic rings. The molecule has 0 aliphatic heterocycles. The fourth-order valence-electron chi connectivity index (χ4n) is 1.48. The molecule has 0 atom stereocenters. The Hall–Kier alpha value is -1.16. The Labute approximate surface area is 93.4 Å². The number of hydrogen-bond acceptors (Lipinski definition) is 2. The van der Waals surface area contributed by atoms with Crippen molar-refractivity contribution in [3.63, 3.8) is 0 Å². The highest BCUT2D eigenvalue weighted by Gasteiger charge is 2.08. The van der Waals surface area contributed by atoms with E-state index in [9.17, 15) is 4.39 Å². The molecule has 0 unspecified atom stereocenters. The summed E-state index contributed by atoms with van der Waals surface area (Å²) < 4.78 is 13.0. The third-order valence-electron chi connectivity index (χ3n) is 2.16. The molecule has 2 rings (SSSR count). The maximum Gasteiger partial charge on any atom is 0.117 e. The SMILES string of the molecule is [B]c1cc(-c2sc(C)nc2C)ccc1F. The molecule has 0 bridgehead atoms. The summed E-state index contributed by atoms with van der Waals surface area (Å²) in [6.45, 7) is 3.90. The molecule has 0 fully saturated rings. The van der Waals surface area contributed by atoms with E-state index in [2.05, 4.69) is 4.98 Å². The van der Waals surface area contributed by atoms with Gasteiger partial charge in [-0.15, -0.1) is 11.3 Å². The molecule has 0 saturated heterocycles. The lowest BCUT2D eigenvalue weighted by Crippen LogP contribution is -2.07. The lowest BCUT2D eigenvalue weighted by molar-refractivity contribution is 0.636.